The first-order chi connectivity index (χ1) is 12.0. The van der Waals surface area contributed by atoms with Crippen molar-refractivity contribution in [2.45, 2.75) is 0 Å². The second-order valence-corrected chi connectivity index (χ2v) is 5.09. The van der Waals surface area contributed by atoms with Gasteiger partial charge in [0, 0.05) is 6.20 Å². The topological polar surface area (TPSA) is 79.6 Å². The van der Waals surface area contributed by atoms with Crippen molar-refractivity contribution in [3.63, 3.8) is 0 Å². The second kappa shape index (κ2) is 7.64. The Morgan fingerprint density at radius 1 is 1.20 bits per heavy atom. The zero-order valence-electron chi connectivity index (χ0n) is 13.2. The van der Waals surface area contributed by atoms with Crippen molar-refractivity contribution < 1.29 is 23.5 Å². The molecule has 0 N–H and O–H groups in total. The third-order valence-corrected chi connectivity index (χ3v) is 3.63. The summed E-state index contributed by atoms with van der Waals surface area (Å²) in [5.74, 6) is -2.59. The van der Waals surface area contributed by atoms with Gasteiger partial charge in [0.15, 0.2) is 5.82 Å². The van der Waals surface area contributed by atoms with Crippen LogP contribution in [0.25, 0.3) is 0 Å². The van der Waals surface area contributed by atoms with Gasteiger partial charge < -0.3 is 14.4 Å². The molecule has 0 fully saturated rings. The molecule has 0 saturated carbocycles. The Morgan fingerprint density at radius 2 is 1.88 bits per heavy atom. The molecule has 1 aliphatic heterocycles. The van der Waals surface area contributed by atoms with E-state index in [4.69, 9.17) is 16.3 Å². The van der Waals surface area contributed by atoms with Gasteiger partial charge in [-0.2, -0.15) is 5.26 Å². The number of hydrogen-bond acceptors (Lipinski definition) is 6. The largest absolute Gasteiger partial charge is 0.465 e. The fraction of sp³-hybridized carbons (Fsp3) is 0.118. The molecule has 0 amide bonds. The average molecular weight is 363 g/mol. The van der Waals surface area contributed by atoms with Gasteiger partial charge in [0.25, 0.3) is 0 Å². The van der Waals surface area contributed by atoms with Gasteiger partial charge in [0.1, 0.15) is 17.3 Å². The number of halogens is 2. The first kappa shape index (κ1) is 18.2. The molecule has 8 heteroatoms. The molecule has 2 rings (SSSR count). The van der Waals surface area contributed by atoms with Gasteiger partial charge >= 0.3 is 11.9 Å². The molecule has 25 heavy (non-hydrogen) atoms. The van der Waals surface area contributed by atoms with E-state index in [1.54, 1.807) is 6.07 Å². The number of anilines is 1. The number of methoxy groups -OCH3 is 2. The van der Waals surface area contributed by atoms with Crippen molar-refractivity contribution in [1.82, 2.24) is 0 Å². The number of carbonyl (C=O) groups is 2. The van der Waals surface area contributed by atoms with Crippen LogP contribution in [-0.4, -0.2) is 26.2 Å². The third-order valence-electron chi connectivity index (χ3n) is 3.33. The van der Waals surface area contributed by atoms with E-state index >= 15 is 0 Å². The summed E-state index contributed by atoms with van der Waals surface area (Å²) < 4.78 is 23.6. The number of ether oxygens (including phenoxy) is 2. The third kappa shape index (κ3) is 3.39. The van der Waals surface area contributed by atoms with Crippen molar-refractivity contribution >= 4 is 29.2 Å². The molecule has 0 aromatic heterocycles. The first-order valence-electron chi connectivity index (χ1n) is 6.89. The van der Waals surface area contributed by atoms with E-state index in [2.05, 4.69) is 4.74 Å². The Hall–Kier alpha value is -3.11. The summed E-state index contributed by atoms with van der Waals surface area (Å²) in [6.45, 7) is 0. The van der Waals surface area contributed by atoms with Crippen LogP contribution in [0.2, 0.25) is 5.02 Å². The van der Waals surface area contributed by atoms with Crippen molar-refractivity contribution in [1.29, 1.82) is 5.26 Å². The van der Waals surface area contributed by atoms with E-state index in [-0.39, 0.29) is 27.5 Å². The molecule has 128 valence electrons. The zero-order chi connectivity index (χ0) is 18.6. The van der Waals surface area contributed by atoms with Crippen LogP contribution in [-0.2, 0) is 19.1 Å². The summed E-state index contributed by atoms with van der Waals surface area (Å²) in [4.78, 5) is 25.5. The van der Waals surface area contributed by atoms with Crippen LogP contribution < -0.4 is 4.90 Å². The van der Waals surface area contributed by atoms with E-state index < -0.39 is 17.8 Å². The van der Waals surface area contributed by atoms with E-state index in [0.717, 1.165) is 14.2 Å². The minimum Gasteiger partial charge on any atom is -0.465 e. The second-order valence-electron chi connectivity index (χ2n) is 4.68. The minimum absolute atomic E-state index is 0.0196. The lowest BCUT2D eigenvalue weighted by Gasteiger charge is -2.24. The number of hydrogen-bond donors (Lipinski definition) is 0. The van der Waals surface area contributed by atoms with Gasteiger partial charge in [-0.1, -0.05) is 17.7 Å². The maximum Gasteiger partial charge on any atom is 0.355 e. The highest BCUT2D eigenvalue weighted by Crippen LogP contribution is 2.32. The molecular formula is C17H12ClFN2O4. The summed E-state index contributed by atoms with van der Waals surface area (Å²) in [6, 6.07) is 4.31. The summed E-state index contributed by atoms with van der Waals surface area (Å²) in [6.07, 6.45) is 5.75. The van der Waals surface area contributed by atoms with Gasteiger partial charge in [0.05, 0.1) is 30.5 Å². The fourth-order valence-electron chi connectivity index (χ4n) is 2.20. The number of rotatable bonds is 3. The van der Waals surface area contributed by atoms with E-state index in [1.165, 1.54) is 41.5 Å². The number of benzene rings is 1. The molecule has 0 aliphatic carbocycles. The highest BCUT2D eigenvalue weighted by Gasteiger charge is 2.29. The van der Waals surface area contributed by atoms with Crippen molar-refractivity contribution in [2.75, 3.05) is 19.1 Å². The lowest BCUT2D eigenvalue weighted by Crippen LogP contribution is -2.27. The molecule has 0 bridgehead atoms. The Balaban J connectivity index is 2.79. The SMILES string of the molecule is COC(=O)C1=C(C(=O)OC)N(c2ccc(Cl)c(F)c2C#N)C=CC=C1. The van der Waals surface area contributed by atoms with E-state index in [1.807, 2.05) is 0 Å². The molecule has 0 saturated heterocycles. The van der Waals surface area contributed by atoms with Crippen LogP contribution >= 0.6 is 11.6 Å². The Bertz CT molecular complexity index is 868. The fourth-order valence-corrected chi connectivity index (χ4v) is 2.36. The molecular weight excluding hydrogens is 351 g/mol. The van der Waals surface area contributed by atoms with E-state index in [0.29, 0.717) is 0 Å². The average Bonchev–Trinajstić information content (AvgIpc) is 2.85. The monoisotopic (exact) mass is 362 g/mol. The van der Waals surface area contributed by atoms with Crippen LogP contribution in [0, 0.1) is 17.1 Å². The van der Waals surface area contributed by atoms with Gasteiger partial charge in [-0.25, -0.2) is 14.0 Å². The van der Waals surface area contributed by atoms with Crippen LogP contribution in [0.1, 0.15) is 5.56 Å². The maximum atomic E-state index is 14.2. The van der Waals surface area contributed by atoms with Gasteiger partial charge in [0.2, 0.25) is 0 Å². The Kier molecular flexibility index (Phi) is 5.57. The number of esters is 2. The Labute approximate surface area is 148 Å². The smallest absolute Gasteiger partial charge is 0.355 e. The summed E-state index contributed by atoms with van der Waals surface area (Å²) in [5, 5.41) is 9.05. The van der Waals surface area contributed by atoms with Gasteiger partial charge in [-0.05, 0) is 24.3 Å². The van der Waals surface area contributed by atoms with Crippen LogP contribution in [0.3, 0.4) is 0 Å². The molecule has 0 spiro atoms. The highest BCUT2D eigenvalue weighted by molar-refractivity contribution is 6.31. The zero-order valence-corrected chi connectivity index (χ0v) is 14.0. The standard InChI is InChI=1S/C17H12ClFN2O4/c1-24-16(22)10-5-3-4-8-21(15(10)17(23)25-2)13-7-6-12(18)14(19)11(13)9-20/h3-8H,1-2H3. The van der Waals surface area contributed by atoms with Crippen molar-refractivity contribution in [2.24, 2.45) is 0 Å². The normalized spacial score (nSPS) is 13.3. The molecule has 1 aliphatic rings. The molecule has 1 aromatic carbocycles. The number of nitrogens with zero attached hydrogens (tertiary/aromatic N) is 2. The predicted molar refractivity (Wildman–Crippen MR) is 87.9 cm³/mol. The van der Waals surface area contributed by atoms with Crippen molar-refractivity contribution in [3.05, 3.63) is 64.2 Å². The minimum atomic E-state index is -0.934. The first-order valence-corrected chi connectivity index (χ1v) is 7.27. The molecule has 0 atom stereocenters. The molecule has 6 nitrogen and oxygen atoms in total. The van der Waals surface area contributed by atoms with Gasteiger partial charge in [-0.15, -0.1) is 0 Å². The summed E-state index contributed by atoms with van der Waals surface area (Å²) in [5.41, 5.74) is -0.702. The maximum absolute atomic E-state index is 14.2. The van der Waals surface area contributed by atoms with E-state index in [9.17, 15) is 19.2 Å². The number of carbonyl (C=O) groups excluding carboxylic acids is 2. The summed E-state index contributed by atoms with van der Waals surface area (Å²) >= 11 is 5.71. The summed E-state index contributed by atoms with van der Waals surface area (Å²) in [7, 11) is 2.29. The number of nitriles is 1. The quantitative estimate of drug-likeness (QED) is 0.769. The molecule has 1 heterocycles. The number of allylic oxidation sites excluding steroid dienone is 2. The molecule has 0 unspecified atom stereocenters. The molecule has 0 radical (unpaired) electrons. The van der Waals surface area contributed by atoms with Crippen LogP contribution in [0.4, 0.5) is 10.1 Å². The van der Waals surface area contributed by atoms with Crippen molar-refractivity contribution in [3.8, 4) is 6.07 Å². The lowest BCUT2D eigenvalue weighted by molar-refractivity contribution is -0.139. The highest BCUT2D eigenvalue weighted by atomic mass is 35.5. The Morgan fingerprint density at radius 3 is 2.48 bits per heavy atom. The molecule has 1 aromatic rings. The van der Waals surface area contributed by atoms with Gasteiger partial charge in [-0.3, -0.25) is 0 Å². The lowest BCUT2D eigenvalue weighted by atomic mass is 10.1. The van der Waals surface area contributed by atoms with Crippen LogP contribution in [0.15, 0.2) is 47.8 Å². The predicted octanol–water partition coefficient (Wildman–Crippen LogP) is 2.84. The van der Waals surface area contributed by atoms with Crippen LogP contribution in [0.5, 0.6) is 0 Å².